The van der Waals surface area contributed by atoms with Gasteiger partial charge in [0, 0.05) is 36.7 Å². The highest BCUT2D eigenvalue weighted by Crippen LogP contribution is 2.31. The maximum absolute atomic E-state index is 12.6. The monoisotopic (exact) mass is 337 g/mol. The number of benzene rings is 1. The smallest absolute Gasteiger partial charge is 0.259 e. The molecule has 0 aliphatic carbocycles. The van der Waals surface area contributed by atoms with Crippen LogP contribution in [0.15, 0.2) is 42.7 Å². The first-order chi connectivity index (χ1) is 12.1. The van der Waals surface area contributed by atoms with Crippen LogP contribution >= 0.6 is 0 Å². The fourth-order valence-corrected chi connectivity index (χ4v) is 3.01. The Labute approximate surface area is 148 Å². The van der Waals surface area contributed by atoms with Crippen molar-refractivity contribution < 1.29 is 9.59 Å². The molecule has 130 valence electrons. The molecule has 1 atom stereocenters. The minimum atomic E-state index is -0.0413. The van der Waals surface area contributed by atoms with Crippen LogP contribution in [0.25, 0.3) is 0 Å². The molecule has 2 heterocycles. The zero-order valence-electron chi connectivity index (χ0n) is 14.7. The molecule has 0 saturated heterocycles. The largest absolute Gasteiger partial charge is 0.326 e. The molecular formula is C20H23N3O2. The SMILES string of the molecule is CC[C@H](C)CC(=O)Nc1ccc2c(c1)CCN2C(=O)c1cccnc1. The summed E-state index contributed by atoms with van der Waals surface area (Å²) >= 11 is 0. The topological polar surface area (TPSA) is 62.3 Å². The number of fused-ring (bicyclic) bond motifs is 1. The van der Waals surface area contributed by atoms with Crippen LogP contribution < -0.4 is 10.2 Å². The Hall–Kier alpha value is -2.69. The van der Waals surface area contributed by atoms with Crippen molar-refractivity contribution in [3.63, 3.8) is 0 Å². The molecule has 1 N–H and O–H groups in total. The third-order valence-electron chi connectivity index (χ3n) is 4.64. The Morgan fingerprint density at radius 1 is 1.32 bits per heavy atom. The van der Waals surface area contributed by atoms with Gasteiger partial charge in [-0.2, -0.15) is 0 Å². The number of anilines is 2. The third-order valence-corrected chi connectivity index (χ3v) is 4.64. The van der Waals surface area contributed by atoms with Crippen LogP contribution in [0.1, 0.15) is 42.6 Å². The van der Waals surface area contributed by atoms with Crippen molar-refractivity contribution in [2.75, 3.05) is 16.8 Å². The van der Waals surface area contributed by atoms with Gasteiger partial charge < -0.3 is 10.2 Å². The first-order valence-corrected chi connectivity index (χ1v) is 8.73. The lowest BCUT2D eigenvalue weighted by molar-refractivity contribution is -0.117. The molecule has 0 unspecified atom stereocenters. The summed E-state index contributed by atoms with van der Waals surface area (Å²) in [6.45, 7) is 4.80. The van der Waals surface area contributed by atoms with E-state index in [2.05, 4.69) is 24.1 Å². The Kier molecular flexibility index (Phi) is 5.12. The molecule has 5 nitrogen and oxygen atoms in total. The van der Waals surface area contributed by atoms with Crippen LogP contribution in [0.5, 0.6) is 0 Å². The van der Waals surface area contributed by atoms with E-state index in [-0.39, 0.29) is 11.8 Å². The molecule has 2 aromatic rings. The molecule has 0 fully saturated rings. The Morgan fingerprint density at radius 3 is 2.88 bits per heavy atom. The number of carbonyl (C=O) groups is 2. The molecule has 25 heavy (non-hydrogen) atoms. The maximum Gasteiger partial charge on any atom is 0.259 e. The number of aromatic nitrogens is 1. The van der Waals surface area contributed by atoms with Gasteiger partial charge in [0.1, 0.15) is 0 Å². The minimum absolute atomic E-state index is 0.0376. The van der Waals surface area contributed by atoms with Gasteiger partial charge in [-0.3, -0.25) is 14.6 Å². The molecule has 5 heteroatoms. The van der Waals surface area contributed by atoms with E-state index >= 15 is 0 Å². The lowest BCUT2D eigenvalue weighted by Gasteiger charge is -2.17. The van der Waals surface area contributed by atoms with E-state index < -0.39 is 0 Å². The second-order valence-corrected chi connectivity index (χ2v) is 6.56. The van der Waals surface area contributed by atoms with Crippen molar-refractivity contribution in [2.45, 2.75) is 33.1 Å². The van der Waals surface area contributed by atoms with E-state index in [4.69, 9.17) is 0 Å². The predicted octanol–water partition coefficient (Wildman–Crippen LogP) is 3.66. The number of rotatable bonds is 5. The number of hydrogen-bond acceptors (Lipinski definition) is 3. The van der Waals surface area contributed by atoms with Crippen molar-refractivity contribution in [3.8, 4) is 0 Å². The zero-order valence-corrected chi connectivity index (χ0v) is 14.7. The van der Waals surface area contributed by atoms with Crippen LogP contribution in [0.2, 0.25) is 0 Å². The van der Waals surface area contributed by atoms with Crippen LogP contribution in [0.3, 0.4) is 0 Å². The zero-order chi connectivity index (χ0) is 17.8. The summed E-state index contributed by atoms with van der Waals surface area (Å²) in [5, 5.41) is 2.96. The number of nitrogens with one attached hydrogen (secondary N) is 1. The van der Waals surface area contributed by atoms with Crippen molar-refractivity contribution in [1.82, 2.24) is 4.98 Å². The average Bonchev–Trinajstić information content (AvgIpc) is 3.04. The van der Waals surface area contributed by atoms with Crippen molar-refractivity contribution >= 4 is 23.2 Å². The summed E-state index contributed by atoms with van der Waals surface area (Å²) in [5.41, 5.74) is 3.37. The fraction of sp³-hybridized carbons (Fsp3) is 0.350. The second kappa shape index (κ2) is 7.47. The highest BCUT2D eigenvalue weighted by atomic mass is 16.2. The van der Waals surface area contributed by atoms with Crippen LogP contribution in [0, 0.1) is 5.92 Å². The van der Waals surface area contributed by atoms with Crippen LogP contribution in [-0.2, 0) is 11.2 Å². The Morgan fingerprint density at radius 2 is 2.16 bits per heavy atom. The highest BCUT2D eigenvalue weighted by molar-refractivity contribution is 6.07. The summed E-state index contributed by atoms with van der Waals surface area (Å²) < 4.78 is 0. The molecule has 2 amide bonds. The van der Waals surface area contributed by atoms with Gasteiger partial charge in [-0.25, -0.2) is 0 Å². The second-order valence-electron chi connectivity index (χ2n) is 6.56. The number of pyridine rings is 1. The normalized spacial score (nSPS) is 14.1. The molecular weight excluding hydrogens is 314 g/mol. The average molecular weight is 337 g/mol. The number of nitrogens with zero attached hydrogens (tertiary/aromatic N) is 2. The van der Waals surface area contributed by atoms with Gasteiger partial charge in [-0.15, -0.1) is 0 Å². The van der Waals surface area contributed by atoms with Gasteiger partial charge >= 0.3 is 0 Å². The highest BCUT2D eigenvalue weighted by Gasteiger charge is 2.26. The van der Waals surface area contributed by atoms with Gasteiger partial charge in [0.05, 0.1) is 5.56 Å². The number of amides is 2. The lowest BCUT2D eigenvalue weighted by Crippen LogP contribution is -2.28. The molecule has 0 bridgehead atoms. The van der Waals surface area contributed by atoms with Gasteiger partial charge in [0.25, 0.3) is 5.91 Å². The summed E-state index contributed by atoms with van der Waals surface area (Å²) in [6.07, 6.45) is 5.55. The molecule has 1 aliphatic heterocycles. The minimum Gasteiger partial charge on any atom is -0.326 e. The Bertz CT molecular complexity index is 774. The first-order valence-electron chi connectivity index (χ1n) is 8.73. The van der Waals surface area contributed by atoms with Gasteiger partial charge in [0.15, 0.2) is 0 Å². The molecule has 3 rings (SSSR count). The quantitative estimate of drug-likeness (QED) is 0.906. The molecule has 1 aromatic heterocycles. The van der Waals surface area contributed by atoms with E-state index in [0.29, 0.717) is 24.4 Å². The van der Waals surface area contributed by atoms with E-state index in [9.17, 15) is 9.59 Å². The molecule has 1 aliphatic rings. The molecule has 1 aromatic carbocycles. The summed E-state index contributed by atoms with van der Waals surface area (Å²) in [6, 6.07) is 9.29. The first kappa shape index (κ1) is 17.1. The predicted molar refractivity (Wildman–Crippen MR) is 98.8 cm³/mol. The van der Waals surface area contributed by atoms with Crippen LogP contribution in [0.4, 0.5) is 11.4 Å². The number of carbonyl (C=O) groups excluding carboxylic acids is 2. The van der Waals surface area contributed by atoms with Crippen molar-refractivity contribution in [3.05, 3.63) is 53.9 Å². The molecule has 0 spiro atoms. The van der Waals surface area contributed by atoms with Gasteiger partial charge in [0.2, 0.25) is 5.91 Å². The summed E-state index contributed by atoms with van der Waals surface area (Å²) in [5.74, 6) is 0.373. The lowest BCUT2D eigenvalue weighted by atomic mass is 10.0. The van der Waals surface area contributed by atoms with Gasteiger partial charge in [-0.1, -0.05) is 20.3 Å². The summed E-state index contributed by atoms with van der Waals surface area (Å²) in [4.78, 5) is 30.5. The molecule has 0 saturated carbocycles. The summed E-state index contributed by atoms with van der Waals surface area (Å²) in [7, 11) is 0. The third kappa shape index (κ3) is 3.87. The van der Waals surface area contributed by atoms with E-state index in [1.807, 2.05) is 18.2 Å². The molecule has 0 radical (unpaired) electrons. The maximum atomic E-state index is 12.6. The fourth-order valence-electron chi connectivity index (χ4n) is 3.01. The van der Waals surface area contributed by atoms with E-state index in [0.717, 1.165) is 29.8 Å². The van der Waals surface area contributed by atoms with Crippen LogP contribution in [-0.4, -0.2) is 23.3 Å². The van der Waals surface area contributed by atoms with Crippen molar-refractivity contribution in [2.24, 2.45) is 5.92 Å². The Balaban J connectivity index is 1.72. The van der Waals surface area contributed by atoms with Gasteiger partial charge in [-0.05, 0) is 48.2 Å². The van der Waals surface area contributed by atoms with E-state index in [1.54, 1.807) is 29.4 Å². The van der Waals surface area contributed by atoms with Crippen molar-refractivity contribution in [1.29, 1.82) is 0 Å². The standard InChI is InChI=1S/C20H23N3O2/c1-3-14(2)11-19(24)22-17-6-7-18-15(12-17)8-10-23(18)20(25)16-5-4-9-21-13-16/h4-7,9,12-14H,3,8,10-11H2,1-2H3,(H,22,24)/t14-/m0/s1. The number of hydrogen-bond donors (Lipinski definition) is 1. The van der Waals surface area contributed by atoms with E-state index in [1.165, 1.54) is 0 Å².